The number of rotatable bonds is 4. The first-order valence-corrected chi connectivity index (χ1v) is 7.87. The number of hydrogen-bond donors (Lipinski definition) is 2. The molecule has 1 amide bonds. The number of benzene rings is 2. The summed E-state index contributed by atoms with van der Waals surface area (Å²) in [4.78, 5) is 11.4. The lowest BCUT2D eigenvalue weighted by Gasteiger charge is -2.15. The molecule has 1 aliphatic heterocycles. The Morgan fingerprint density at radius 1 is 1.00 bits per heavy atom. The Morgan fingerprint density at radius 3 is 2.40 bits per heavy atom. The molecule has 7 nitrogen and oxygen atoms in total. The maximum absolute atomic E-state index is 11.4. The van der Waals surface area contributed by atoms with Crippen LogP contribution in [0.25, 0.3) is 22.4 Å². The quantitative estimate of drug-likeness (QED) is 0.761. The number of aromatic nitrogens is 3. The molecule has 1 saturated heterocycles. The van der Waals surface area contributed by atoms with Gasteiger partial charge in [0, 0.05) is 11.1 Å². The van der Waals surface area contributed by atoms with Crippen LogP contribution in [-0.2, 0) is 9.47 Å². The first-order chi connectivity index (χ1) is 12.2. The highest BCUT2D eigenvalue weighted by molar-refractivity contribution is 5.96. The van der Waals surface area contributed by atoms with Crippen molar-refractivity contribution in [3.63, 3.8) is 0 Å². The summed E-state index contributed by atoms with van der Waals surface area (Å²) in [6.45, 7) is 1.19. The lowest BCUT2D eigenvalue weighted by Crippen LogP contribution is -2.12. The fraction of sp³-hybridized carbons (Fsp3) is 0.167. The maximum atomic E-state index is 11.4. The molecule has 0 saturated carbocycles. The van der Waals surface area contributed by atoms with Crippen LogP contribution in [0.2, 0.25) is 0 Å². The average Bonchev–Trinajstić information content (AvgIpc) is 3.34. The van der Waals surface area contributed by atoms with Crippen LogP contribution >= 0.6 is 0 Å². The number of primary amides is 1. The molecule has 0 bridgehead atoms. The van der Waals surface area contributed by atoms with Gasteiger partial charge in [0.1, 0.15) is 5.69 Å². The standard InChI is InChI=1S/C18H16N4O3/c19-17(23)16-15(20-22-21-16)12-7-5-11(6-8-12)13-3-1-2-4-14(13)18-24-9-10-25-18/h1-8,18H,9-10H2,(H2,19,23)(H,20,21,22). The summed E-state index contributed by atoms with van der Waals surface area (Å²) < 4.78 is 11.3. The zero-order valence-corrected chi connectivity index (χ0v) is 13.3. The second kappa shape index (κ2) is 6.46. The van der Waals surface area contributed by atoms with Crippen LogP contribution in [0.5, 0.6) is 0 Å². The first-order valence-electron chi connectivity index (χ1n) is 7.87. The second-order valence-electron chi connectivity index (χ2n) is 5.62. The first kappa shape index (κ1) is 15.5. The highest BCUT2D eigenvalue weighted by Gasteiger charge is 2.22. The molecule has 0 atom stereocenters. The van der Waals surface area contributed by atoms with Gasteiger partial charge in [-0.2, -0.15) is 15.4 Å². The lowest BCUT2D eigenvalue weighted by molar-refractivity contribution is -0.0436. The van der Waals surface area contributed by atoms with Gasteiger partial charge in [0.05, 0.1) is 13.2 Å². The Labute approximate surface area is 143 Å². The number of H-pyrrole nitrogens is 1. The minimum Gasteiger partial charge on any atom is -0.364 e. The van der Waals surface area contributed by atoms with Gasteiger partial charge < -0.3 is 15.2 Å². The summed E-state index contributed by atoms with van der Waals surface area (Å²) in [5.74, 6) is -0.617. The smallest absolute Gasteiger partial charge is 0.271 e. The summed E-state index contributed by atoms with van der Waals surface area (Å²) >= 11 is 0. The molecule has 3 N–H and O–H groups in total. The molecule has 25 heavy (non-hydrogen) atoms. The zero-order chi connectivity index (χ0) is 17.2. The molecule has 0 radical (unpaired) electrons. The third-order valence-corrected chi connectivity index (χ3v) is 4.09. The van der Waals surface area contributed by atoms with Crippen molar-refractivity contribution < 1.29 is 14.3 Å². The number of nitrogens with zero attached hydrogens (tertiary/aromatic N) is 2. The molecule has 1 aliphatic rings. The van der Waals surface area contributed by atoms with Crippen LogP contribution in [0.4, 0.5) is 0 Å². The molecule has 1 aromatic heterocycles. The van der Waals surface area contributed by atoms with E-state index in [0.717, 1.165) is 22.3 Å². The minimum absolute atomic E-state index is 0.126. The van der Waals surface area contributed by atoms with E-state index in [1.807, 2.05) is 48.5 Å². The van der Waals surface area contributed by atoms with Gasteiger partial charge in [-0.05, 0) is 11.1 Å². The van der Waals surface area contributed by atoms with Gasteiger partial charge >= 0.3 is 0 Å². The van der Waals surface area contributed by atoms with Crippen LogP contribution in [0, 0.1) is 0 Å². The van der Waals surface area contributed by atoms with E-state index in [9.17, 15) is 4.79 Å². The third-order valence-electron chi connectivity index (χ3n) is 4.09. The van der Waals surface area contributed by atoms with Crippen LogP contribution in [0.15, 0.2) is 48.5 Å². The molecule has 2 aromatic carbocycles. The number of aromatic amines is 1. The van der Waals surface area contributed by atoms with Gasteiger partial charge in [0.15, 0.2) is 12.0 Å². The number of nitrogens with one attached hydrogen (secondary N) is 1. The Kier molecular flexibility index (Phi) is 4.01. The van der Waals surface area contributed by atoms with E-state index in [0.29, 0.717) is 18.9 Å². The topological polar surface area (TPSA) is 103 Å². The van der Waals surface area contributed by atoms with E-state index in [1.54, 1.807) is 0 Å². The van der Waals surface area contributed by atoms with Crippen molar-refractivity contribution in [1.82, 2.24) is 15.4 Å². The van der Waals surface area contributed by atoms with Crippen molar-refractivity contribution in [2.24, 2.45) is 5.73 Å². The van der Waals surface area contributed by atoms with E-state index >= 15 is 0 Å². The Morgan fingerprint density at radius 2 is 1.68 bits per heavy atom. The van der Waals surface area contributed by atoms with Crippen LogP contribution in [-0.4, -0.2) is 34.5 Å². The predicted octanol–water partition coefficient (Wildman–Crippen LogP) is 2.28. The predicted molar refractivity (Wildman–Crippen MR) is 90.4 cm³/mol. The number of carbonyl (C=O) groups is 1. The SMILES string of the molecule is NC(=O)c1n[nH]nc1-c1ccc(-c2ccccc2C2OCCO2)cc1. The van der Waals surface area contributed by atoms with Crippen molar-refractivity contribution in [3.05, 3.63) is 59.8 Å². The van der Waals surface area contributed by atoms with E-state index in [4.69, 9.17) is 15.2 Å². The Balaban J connectivity index is 1.69. The second-order valence-corrected chi connectivity index (χ2v) is 5.62. The highest BCUT2D eigenvalue weighted by Crippen LogP contribution is 2.33. The highest BCUT2D eigenvalue weighted by atomic mass is 16.7. The van der Waals surface area contributed by atoms with Crippen LogP contribution in [0.1, 0.15) is 22.3 Å². The molecule has 7 heteroatoms. The van der Waals surface area contributed by atoms with Crippen molar-refractivity contribution >= 4 is 5.91 Å². The van der Waals surface area contributed by atoms with Crippen molar-refractivity contribution in [1.29, 1.82) is 0 Å². The van der Waals surface area contributed by atoms with Gasteiger partial charge in [-0.25, -0.2) is 0 Å². The molecule has 4 rings (SSSR count). The number of nitrogens with two attached hydrogens (primary N) is 1. The van der Waals surface area contributed by atoms with E-state index in [-0.39, 0.29) is 12.0 Å². The van der Waals surface area contributed by atoms with Gasteiger partial charge in [0.2, 0.25) is 0 Å². The summed E-state index contributed by atoms with van der Waals surface area (Å²) in [5, 5.41) is 10.2. The fourth-order valence-corrected chi connectivity index (χ4v) is 2.92. The number of hydrogen-bond acceptors (Lipinski definition) is 5. The molecule has 0 aliphatic carbocycles. The van der Waals surface area contributed by atoms with Crippen molar-refractivity contribution in [3.8, 4) is 22.4 Å². The molecule has 0 spiro atoms. The summed E-state index contributed by atoms with van der Waals surface area (Å²) in [7, 11) is 0. The van der Waals surface area contributed by atoms with Gasteiger partial charge in [0.25, 0.3) is 5.91 Å². The maximum Gasteiger partial charge on any atom is 0.271 e. The molecule has 1 fully saturated rings. The number of carbonyl (C=O) groups excluding carboxylic acids is 1. The number of amides is 1. The Bertz CT molecular complexity index is 899. The van der Waals surface area contributed by atoms with Crippen molar-refractivity contribution in [2.75, 3.05) is 13.2 Å². The van der Waals surface area contributed by atoms with Gasteiger partial charge in [-0.15, -0.1) is 0 Å². The van der Waals surface area contributed by atoms with E-state index in [1.165, 1.54) is 0 Å². The van der Waals surface area contributed by atoms with Crippen molar-refractivity contribution in [2.45, 2.75) is 6.29 Å². The van der Waals surface area contributed by atoms with Gasteiger partial charge in [-0.1, -0.05) is 48.5 Å². The molecular weight excluding hydrogens is 320 g/mol. The van der Waals surface area contributed by atoms with E-state index in [2.05, 4.69) is 15.4 Å². The van der Waals surface area contributed by atoms with Gasteiger partial charge in [-0.3, -0.25) is 4.79 Å². The Hall–Kier alpha value is -3.03. The molecular formula is C18H16N4O3. The lowest BCUT2D eigenvalue weighted by atomic mass is 9.97. The van der Waals surface area contributed by atoms with Crippen LogP contribution < -0.4 is 5.73 Å². The minimum atomic E-state index is -0.617. The average molecular weight is 336 g/mol. The summed E-state index contributed by atoms with van der Waals surface area (Å²) in [6.07, 6.45) is -0.340. The monoisotopic (exact) mass is 336 g/mol. The molecule has 126 valence electrons. The number of ether oxygens (including phenoxy) is 2. The zero-order valence-electron chi connectivity index (χ0n) is 13.3. The molecule has 0 unspecified atom stereocenters. The van der Waals surface area contributed by atoms with Crippen LogP contribution in [0.3, 0.4) is 0 Å². The largest absolute Gasteiger partial charge is 0.364 e. The fourth-order valence-electron chi connectivity index (χ4n) is 2.92. The normalized spacial score (nSPS) is 14.7. The summed E-state index contributed by atoms with van der Waals surface area (Å²) in [5.41, 5.74) is 9.69. The van der Waals surface area contributed by atoms with E-state index < -0.39 is 5.91 Å². The third kappa shape index (κ3) is 2.90. The summed E-state index contributed by atoms with van der Waals surface area (Å²) in [6, 6.07) is 15.7. The molecule has 3 aromatic rings. The molecule has 2 heterocycles.